The van der Waals surface area contributed by atoms with E-state index >= 15 is 0 Å². The van der Waals surface area contributed by atoms with Gasteiger partial charge in [0.15, 0.2) is 0 Å². The first kappa shape index (κ1) is 15.2. The molecule has 1 aliphatic heterocycles. The number of hydrogen-bond donors (Lipinski definition) is 1. The average molecular weight is 289 g/mol. The third-order valence-corrected chi connectivity index (χ3v) is 3.83. The first-order valence-corrected chi connectivity index (χ1v) is 6.91. The zero-order valence-electron chi connectivity index (χ0n) is 12.4. The van der Waals surface area contributed by atoms with Crippen LogP contribution in [0.4, 0.5) is 5.69 Å². The molecule has 1 saturated heterocycles. The van der Waals surface area contributed by atoms with Crippen LogP contribution < -0.4 is 4.90 Å². The van der Waals surface area contributed by atoms with E-state index in [0.29, 0.717) is 5.69 Å². The molecule has 0 aromatic heterocycles. The Kier molecular flexibility index (Phi) is 3.85. The molecule has 5 heteroatoms. The van der Waals surface area contributed by atoms with Crippen LogP contribution in [0.5, 0.6) is 0 Å². The van der Waals surface area contributed by atoms with Crippen LogP contribution in [0.3, 0.4) is 0 Å². The van der Waals surface area contributed by atoms with Gasteiger partial charge in [0.25, 0.3) is 0 Å². The fraction of sp³-hybridized carbons (Fsp3) is 0.438. The molecule has 0 radical (unpaired) electrons. The van der Waals surface area contributed by atoms with Crippen LogP contribution in [0, 0.1) is 5.41 Å². The number of imide groups is 1. The Hall–Kier alpha value is -2.17. The summed E-state index contributed by atoms with van der Waals surface area (Å²) in [6.45, 7) is 5.35. The second kappa shape index (κ2) is 5.31. The molecule has 0 spiro atoms. The van der Waals surface area contributed by atoms with E-state index in [2.05, 4.69) is 0 Å². The van der Waals surface area contributed by atoms with Crippen molar-refractivity contribution in [2.24, 2.45) is 5.41 Å². The summed E-state index contributed by atoms with van der Waals surface area (Å²) in [5.74, 6) is -1.36. The molecule has 1 N–H and O–H groups in total. The molecule has 1 heterocycles. The van der Waals surface area contributed by atoms with Crippen molar-refractivity contribution < 1.29 is 19.5 Å². The van der Waals surface area contributed by atoms with Gasteiger partial charge < -0.3 is 5.11 Å². The van der Waals surface area contributed by atoms with Crippen molar-refractivity contribution in [3.8, 4) is 0 Å². The maximum Gasteiger partial charge on any atom is 0.303 e. The Bertz CT molecular complexity index is 589. The van der Waals surface area contributed by atoms with Crippen molar-refractivity contribution in [2.75, 3.05) is 4.90 Å². The largest absolute Gasteiger partial charge is 0.481 e. The second-order valence-electron chi connectivity index (χ2n) is 6.19. The van der Waals surface area contributed by atoms with Gasteiger partial charge in [-0.25, -0.2) is 0 Å². The molecule has 0 saturated carbocycles. The van der Waals surface area contributed by atoms with Gasteiger partial charge in [0, 0.05) is 6.42 Å². The summed E-state index contributed by atoms with van der Waals surface area (Å²) in [7, 11) is 0. The number of carboxylic acids is 1. The Morgan fingerprint density at radius 3 is 2.29 bits per heavy atom. The number of carbonyl (C=O) groups is 3. The molecule has 0 bridgehead atoms. The number of anilines is 1. The summed E-state index contributed by atoms with van der Waals surface area (Å²) >= 11 is 0. The molecule has 1 fully saturated rings. The number of aliphatic carboxylic acids is 1. The van der Waals surface area contributed by atoms with Crippen LogP contribution in [0.2, 0.25) is 0 Å². The lowest BCUT2D eigenvalue weighted by molar-refractivity contribution is -0.137. The molecule has 112 valence electrons. The fourth-order valence-corrected chi connectivity index (χ4v) is 2.54. The quantitative estimate of drug-likeness (QED) is 0.864. The highest BCUT2D eigenvalue weighted by Crippen LogP contribution is 2.35. The molecule has 21 heavy (non-hydrogen) atoms. The van der Waals surface area contributed by atoms with Crippen molar-refractivity contribution in [1.29, 1.82) is 0 Å². The van der Waals surface area contributed by atoms with Gasteiger partial charge in [0.1, 0.15) is 0 Å². The first-order chi connectivity index (χ1) is 9.72. The summed E-state index contributed by atoms with van der Waals surface area (Å²) in [5.41, 5.74) is 0.758. The summed E-state index contributed by atoms with van der Waals surface area (Å²) in [5, 5.41) is 8.80. The summed E-state index contributed by atoms with van der Waals surface area (Å²) in [4.78, 5) is 36.2. The number of amides is 2. The Balaban J connectivity index is 2.22. The van der Waals surface area contributed by atoms with Crippen molar-refractivity contribution >= 4 is 23.5 Å². The molecule has 0 aliphatic carbocycles. The highest BCUT2D eigenvalue weighted by molar-refractivity contribution is 6.22. The predicted molar refractivity (Wildman–Crippen MR) is 78.0 cm³/mol. The molecule has 1 unspecified atom stereocenters. The van der Waals surface area contributed by atoms with E-state index in [0.717, 1.165) is 5.56 Å². The minimum atomic E-state index is -0.849. The van der Waals surface area contributed by atoms with Gasteiger partial charge in [-0.2, -0.15) is 0 Å². The molecule has 1 aromatic rings. The van der Waals surface area contributed by atoms with Crippen LogP contribution in [-0.2, 0) is 14.4 Å². The summed E-state index contributed by atoms with van der Waals surface area (Å²) in [6, 6.07) is 6.94. The van der Waals surface area contributed by atoms with Gasteiger partial charge in [0.2, 0.25) is 11.8 Å². The Morgan fingerprint density at radius 1 is 1.29 bits per heavy atom. The SMILES string of the molecule is CC(CC(=O)O)c1ccc(N2C(=O)CC(C)(C)C2=O)cc1. The van der Waals surface area contributed by atoms with Crippen LogP contribution in [0.15, 0.2) is 24.3 Å². The van der Waals surface area contributed by atoms with Crippen molar-refractivity contribution in [3.63, 3.8) is 0 Å². The van der Waals surface area contributed by atoms with Crippen molar-refractivity contribution in [2.45, 2.75) is 39.5 Å². The fourth-order valence-electron chi connectivity index (χ4n) is 2.54. The monoisotopic (exact) mass is 289 g/mol. The van der Waals surface area contributed by atoms with Crippen LogP contribution in [-0.4, -0.2) is 22.9 Å². The van der Waals surface area contributed by atoms with Gasteiger partial charge in [-0.15, -0.1) is 0 Å². The van der Waals surface area contributed by atoms with Gasteiger partial charge in [-0.05, 0) is 23.6 Å². The molecule has 5 nitrogen and oxygen atoms in total. The van der Waals surface area contributed by atoms with Gasteiger partial charge in [0.05, 0.1) is 17.5 Å². The molecule has 1 aliphatic rings. The van der Waals surface area contributed by atoms with E-state index in [1.165, 1.54) is 4.90 Å². The minimum absolute atomic E-state index is 0.0496. The standard InChI is InChI=1S/C16H19NO4/c1-10(8-14(19)20)11-4-6-12(7-5-11)17-13(18)9-16(2,3)15(17)21/h4-7,10H,8-9H2,1-3H3,(H,19,20). The number of benzene rings is 1. The minimum Gasteiger partial charge on any atom is -0.481 e. The average Bonchev–Trinajstić information content (AvgIpc) is 2.58. The summed E-state index contributed by atoms with van der Waals surface area (Å²) < 4.78 is 0. The zero-order chi connectivity index (χ0) is 15.8. The van der Waals surface area contributed by atoms with Gasteiger partial charge in [-0.3, -0.25) is 19.3 Å². The Labute approximate surface area is 123 Å². The molecule has 1 aromatic carbocycles. The van der Waals surface area contributed by atoms with Crippen LogP contribution in [0.25, 0.3) is 0 Å². The first-order valence-electron chi connectivity index (χ1n) is 6.91. The number of hydrogen-bond acceptors (Lipinski definition) is 3. The normalized spacial score (nSPS) is 18.9. The molecular weight excluding hydrogens is 270 g/mol. The second-order valence-corrected chi connectivity index (χ2v) is 6.19. The number of carbonyl (C=O) groups excluding carboxylic acids is 2. The zero-order valence-corrected chi connectivity index (χ0v) is 12.4. The number of nitrogens with zero attached hydrogens (tertiary/aromatic N) is 1. The lowest BCUT2D eigenvalue weighted by Gasteiger charge is -2.18. The third kappa shape index (κ3) is 2.96. The van der Waals surface area contributed by atoms with Crippen molar-refractivity contribution in [3.05, 3.63) is 29.8 Å². The molecule has 1 atom stereocenters. The van der Waals surface area contributed by atoms with E-state index in [9.17, 15) is 14.4 Å². The van der Waals surface area contributed by atoms with Gasteiger partial charge in [-0.1, -0.05) is 32.9 Å². The third-order valence-electron chi connectivity index (χ3n) is 3.83. The van der Waals surface area contributed by atoms with Crippen LogP contribution in [0.1, 0.15) is 45.1 Å². The molecule has 2 rings (SSSR count). The lowest BCUT2D eigenvalue weighted by atomic mass is 9.92. The highest BCUT2D eigenvalue weighted by Gasteiger charge is 2.45. The maximum absolute atomic E-state index is 12.2. The lowest BCUT2D eigenvalue weighted by Crippen LogP contribution is -2.32. The predicted octanol–water partition coefficient (Wildman–Crippen LogP) is 2.55. The van der Waals surface area contributed by atoms with E-state index < -0.39 is 11.4 Å². The van der Waals surface area contributed by atoms with Crippen LogP contribution >= 0.6 is 0 Å². The molecular formula is C16H19NO4. The van der Waals surface area contributed by atoms with Gasteiger partial charge >= 0.3 is 5.97 Å². The smallest absolute Gasteiger partial charge is 0.303 e. The summed E-state index contributed by atoms with van der Waals surface area (Å²) in [6.07, 6.45) is 0.261. The van der Waals surface area contributed by atoms with E-state index in [1.807, 2.05) is 6.92 Å². The number of carboxylic acid groups (broad SMARTS) is 1. The topological polar surface area (TPSA) is 74.7 Å². The number of rotatable bonds is 4. The highest BCUT2D eigenvalue weighted by atomic mass is 16.4. The van der Waals surface area contributed by atoms with Crippen molar-refractivity contribution in [1.82, 2.24) is 0 Å². The van der Waals surface area contributed by atoms with E-state index in [-0.39, 0.29) is 30.6 Å². The van der Waals surface area contributed by atoms with E-state index in [4.69, 9.17) is 5.11 Å². The molecule has 2 amide bonds. The van der Waals surface area contributed by atoms with E-state index in [1.54, 1.807) is 38.1 Å². The maximum atomic E-state index is 12.2. The Morgan fingerprint density at radius 2 is 1.86 bits per heavy atom.